The molecule has 1 unspecified atom stereocenters. The molecule has 224 valence electrons. The fourth-order valence-electron chi connectivity index (χ4n) is 6.69. The Labute approximate surface area is 259 Å². The Hall–Kier alpha value is -3.66. The van der Waals surface area contributed by atoms with Crippen molar-refractivity contribution in [1.82, 2.24) is 4.90 Å². The summed E-state index contributed by atoms with van der Waals surface area (Å²) >= 11 is 0. The smallest absolute Gasteiger partial charge is 0.0448 e. The summed E-state index contributed by atoms with van der Waals surface area (Å²) in [6, 6.07) is 31.5. The molecule has 0 bridgehead atoms. The monoisotopic (exact) mass is 571 g/mol. The lowest BCUT2D eigenvalue weighted by molar-refractivity contribution is 0.247. The van der Waals surface area contributed by atoms with Crippen molar-refractivity contribution in [3.05, 3.63) is 153 Å². The van der Waals surface area contributed by atoms with Gasteiger partial charge in [-0.05, 0) is 110 Å². The Morgan fingerprint density at radius 1 is 0.744 bits per heavy atom. The quantitative estimate of drug-likeness (QED) is 0.164. The van der Waals surface area contributed by atoms with Gasteiger partial charge in [-0.25, -0.2) is 0 Å². The molecule has 0 heterocycles. The molecule has 4 aromatic rings. The molecule has 43 heavy (non-hydrogen) atoms. The zero-order chi connectivity index (χ0) is 30.2. The van der Waals surface area contributed by atoms with Crippen LogP contribution in [0.1, 0.15) is 68.5 Å². The summed E-state index contributed by atoms with van der Waals surface area (Å²) in [5.74, 6) is 0. The summed E-state index contributed by atoms with van der Waals surface area (Å²) in [6.45, 7) is 11.0. The second-order valence-electron chi connectivity index (χ2n) is 12.6. The van der Waals surface area contributed by atoms with Gasteiger partial charge in [0.15, 0.2) is 0 Å². The highest BCUT2D eigenvalue weighted by Crippen LogP contribution is 2.30. The van der Waals surface area contributed by atoms with Crippen LogP contribution in [0.4, 0.5) is 0 Å². The molecule has 0 fully saturated rings. The second-order valence-corrected chi connectivity index (χ2v) is 12.6. The molecule has 0 spiro atoms. The minimum Gasteiger partial charge on any atom is -0.401 e. The average Bonchev–Trinajstić information content (AvgIpc) is 3.48. The van der Waals surface area contributed by atoms with Crippen molar-refractivity contribution in [2.75, 3.05) is 6.54 Å². The molecule has 5 rings (SSSR count). The minimum atomic E-state index is -0.195. The maximum atomic E-state index is 6.38. The highest BCUT2D eigenvalue weighted by molar-refractivity contribution is 5.44. The highest BCUT2D eigenvalue weighted by Gasteiger charge is 2.20. The normalized spacial score (nSPS) is 13.3. The van der Waals surface area contributed by atoms with Crippen LogP contribution in [0.15, 0.2) is 97.2 Å². The molecule has 0 aliphatic heterocycles. The zero-order valence-electron chi connectivity index (χ0n) is 26.2. The Bertz CT molecular complexity index is 1530. The molecule has 4 aromatic carbocycles. The van der Waals surface area contributed by atoms with Crippen LogP contribution in [0.2, 0.25) is 0 Å². The van der Waals surface area contributed by atoms with E-state index in [9.17, 15) is 0 Å². The molecule has 0 saturated carbocycles. The predicted octanol–water partition coefficient (Wildman–Crippen LogP) is 7.55. The molecule has 3 heteroatoms. The van der Waals surface area contributed by atoms with E-state index in [1.165, 1.54) is 58.2 Å². The van der Waals surface area contributed by atoms with E-state index >= 15 is 0 Å². The Morgan fingerprint density at radius 2 is 1.40 bits per heavy atom. The van der Waals surface area contributed by atoms with Crippen molar-refractivity contribution < 1.29 is 0 Å². The van der Waals surface area contributed by atoms with E-state index in [1.807, 2.05) is 0 Å². The third-order valence-electron chi connectivity index (χ3n) is 9.15. The molecule has 4 N–H and O–H groups in total. The summed E-state index contributed by atoms with van der Waals surface area (Å²) in [7, 11) is 0. The summed E-state index contributed by atoms with van der Waals surface area (Å²) in [6.07, 6.45) is 8.71. The fraction of sp³-hybridized carbons (Fsp3) is 0.350. The molecular weight excluding hydrogens is 522 g/mol. The number of hydrogen-bond acceptors (Lipinski definition) is 3. The Morgan fingerprint density at radius 3 is 2.07 bits per heavy atom. The van der Waals surface area contributed by atoms with Crippen molar-refractivity contribution in [2.45, 2.75) is 84.3 Å². The number of rotatable bonds is 14. The SMILES string of the molecule is C=C(N)C(N)CCN(Cc1ccccc1CCc1cccc(C)c1)Cc1ccc2c(c1CCc1cccc(C)c1)CCC2. The van der Waals surface area contributed by atoms with Crippen molar-refractivity contribution in [3.8, 4) is 0 Å². The van der Waals surface area contributed by atoms with Crippen LogP contribution in [0, 0.1) is 13.8 Å². The van der Waals surface area contributed by atoms with Gasteiger partial charge in [0.05, 0.1) is 0 Å². The standard InChI is InChI=1S/C40H49N3/c1-29-9-6-11-32(25-29)17-19-34-13-4-5-14-36(34)27-43(24-23-40(42)31(3)41)28-37-21-20-35-15-8-16-38(35)39(37)22-18-33-12-7-10-30(2)26-33/h4-7,9-14,20-21,25-26,40H,3,8,15-19,22-24,27-28,41-42H2,1-2H3. The lowest BCUT2D eigenvalue weighted by Crippen LogP contribution is -2.33. The number of aryl methyl sites for hydroxylation is 6. The van der Waals surface area contributed by atoms with Gasteiger partial charge < -0.3 is 11.5 Å². The maximum absolute atomic E-state index is 6.38. The summed E-state index contributed by atoms with van der Waals surface area (Å²) < 4.78 is 0. The van der Waals surface area contributed by atoms with Crippen LogP contribution in [-0.2, 0) is 51.6 Å². The third kappa shape index (κ3) is 8.46. The fourth-order valence-corrected chi connectivity index (χ4v) is 6.69. The van der Waals surface area contributed by atoms with Gasteiger partial charge in [-0.2, -0.15) is 0 Å². The van der Waals surface area contributed by atoms with Gasteiger partial charge in [0.25, 0.3) is 0 Å². The van der Waals surface area contributed by atoms with Gasteiger partial charge in [0.1, 0.15) is 0 Å². The first-order chi connectivity index (χ1) is 20.9. The van der Waals surface area contributed by atoms with Crippen molar-refractivity contribution in [3.63, 3.8) is 0 Å². The topological polar surface area (TPSA) is 55.3 Å². The van der Waals surface area contributed by atoms with Gasteiger partial charge in [0, 0.05) is 31.4 Å². The molecule has 0 amide bonds. The molecule has 3 nitrogen and oxygen atoms in total. The lowest BCUT2D eigenvalue weighted by Gasteiger charge is -2.27. The summed E-state index contributed by atoms with van der Waals surface area (Å²) in [4.78, 5) is 2.58. The third-order valence-corrected chi connectivity index (χ3v) is 9.15. The van der Waals surface area contributed by atoms with Crippen LogP contribution in [0.5, 0.6) is 0 Å². The molecule has 1 aliphatic rings. The maximum Gasteiger partial charge on any atom is 0.0448 e. The van der Waals surface area contributed by atoms with E-state index in [1.54, 1.807) is 16.7 Å². The van der Waals surface area contributed by atoms with Gasteiger partial charge >= 0.3 is 0 Å². The van der Waals surface area contributed by atoms with E-state index in [0.29, 0.717) is 5.70 Å². The molecular formula is C40H49N3. The van der Waals surface area contributed by atoms with E-state index in [-0.39, 0.29) is 6.04 Å². The molecule has 0 radical (unpaired) electrons. The number of nitrogens with two attached hydrogens (primary N) is 2. The number of hydrogen-bond donors (Lipinski definition) is 2. The van der Waals surface area contributed by atoms with Crippen LogP contribution >= 0.6 is 0 Å². The van der Waals surface area contributed by atoms with E-state index < -0.39 is 0 Å². The van der Waals surface area contributed by atoms with E-state index in [4.69, 9.17) is 11.5 Å². The van der Waals surface area contributed by atoms with Gasteiger partial charge in [-0.3, -0.25) is 4.90 Å². The molecule has 0 aromatic heterocycles. The number of nitrogens with zero attached hydrogens (tertiary/aromatic N) is 1. The average molecular weight is 572 g/mol. The Kier molecular flexibility index (Phi) is 10.5. The largest absolute Gasteiger partial charge is 0.401 e. The first kappa shape index (κ1) is 30.8. The van der Waals surface area contributed by atoms with Gasteiger partial charge in [-0.1, -0.05) is 103 Å². The van der Waals surface area contributed by atoms with Crippen LogP contribution in [0.25, 0.3) is 0 Å². The van der Waals surface area contributed by atoms with Crippen molar-refractivity contribution in [1.29, 1.82) is 0 Å². The lowest BCUT2D eigenvalue weighted by atomic mass is 9.91. The molecule has 0 saturated heterocycles. The van der Waals surface area contributed by atoms with Gasteiger partial charge in [-0.15, -0.1) is 0 Å². The highest BCUT2D eigenvalue weighted by atomic mass is 15.1. The predicted molar refractivity (Wildman–Crippen MR) is 182 cm³/mol. The number of fused-ring (bicyclic) bond motifs is 1. The van der Waals surface area contributed by atoms with Crippen LogP contribution < -0.4 is 11.5 Å². The molecule has 1 atom stereocenters. The Balaban J connectivity index is 1.39. The number of benzene rings is 4. The van der Waals surface area contributed by atoms with Crippen molar-refractivity contribution >= 4 is 0 Å². The van der Waals surface area contributed by atoms with E-state index in [2.05, 4.69) is 110 Å². The van der Waals surface area contributed by atoms with E-state index in [0.717, 1.165) is 51.7 Å². The van der Waals surface area contributed by atoms with Crippen molar-refractivity contribution in [2.24, 2.45) is 11.5 Å². The van der Waals surface area contributed by atoms with Gasteiger partial charge in [0.2, 0.25) is 0 Å². The van der Waals surface area contributed by atoms with Crippen LogP contribution in [-0.4, -0.2) is 17.5 Å². The summed E-state index contributed by atoms with van der Waals surface area (Å²) in [5, 5.41) is 0. The minimum absolute atomic E-state index is 0.195. The first-order valence-electron chi connectivity index (χ1n) is 16.1. The second kappa shape index (κ2) is 14.7. The van der Waals surface area contributed by atoms with Crippen LogP contribution in [0.3, 0.4) is 0 Å². The first-order valence-corrected chi connectivity index (χ1v) is 16.1. The molecule has 1 aliphatic carbocycles. The summed E-state index contributed by atoms with van der Waals surface area (Å²) in [5.41, 5.74) is 27.5. The zero-order valence-corrected chi connectivity index (χ0v) is 26.2.